The maximum atomic E-state index is 13.0. The topological polar surface area (TPSA) is 138 Å². The van der Waals surface area contributed by atoms with Gasteiger partial charge in [0.2, 0.25) is 0 Å². The van der Waals surface area contributed by atoms with Gasteiger partial charge in [-0.25, -0.2) is 14.8 Å². The van der Waals surface area contributed by atoms with E-state index in [0.29, 0.717) is 48.6 Å². The minimum atomic E-state index is -0.476. The van der Waals surface area contributed by atoms with Crippen LogP contribution in [0.3, 0.4) is 0 Å². The lowest BCUT2D eigenvalue weighted by Crippen LogP contribution is -2.35. The molecule has 11 heteroatoms. The number of aromatic nitrogens is 4. The third-order valence-electron chi connectivity index (χ3n) is 4.76. The molecule has 11 nitrogen and oxygen atoms in total. The highest BCUT2D eigenvalue weighted by Gasteiger charge is 2.19. The van der Waals surface area contributed by atoms with E-state index in [1.54, 1.807) is 56.4 Å². The van der Waals surface area contributed by atoms with Crippen molar-refractivity contribution < 1.29 is 14.3 Å². The zero-order valence-electron chi connectivity index (χ0n) is 18.6. The van der Waals surface area contributed by atoms with Gasteiger partial charge in [-0.1, -0.05) is 0 Å². The Bertz CT molecular complexity index is 1180. The molecule has 3 rings (SSSR count). The molecule has 3 heterocycles. The van der Waals surface area contributed by atoms with E-state index in [2.05, 4.69) is 31.8 Å². The number of urea groups is 1. The second-order valence-electron chi connectivity index (χ2n) is 6.94. The summed E-state index contributed by atoms with van der Waals surface area (Å²) < 4.78 is 6.64. The van der Waals surface area contributed by atoms with Gasteiger partial charge in [0.05, 0.1) is 24.1 Å². The van der Waals surface area contributed by atoms with Crippen molar-refractivity contribution in [3.63, 3.8) is 0 Å². The predicted molar refractivity (Wildman–Crippen MR) is 123 cm³/mol. The number of nitrogens with one attached hydrogen (secondary N) is 2. The molecular formula is C22H24N8O3. The van der Waals surface area contributed by atoms with Gasteiger partial charge < -0.3 is 10.1 Å². The lowest BCUT2D eigenvalue weighted by atomic mass is 10.1. The number of aryl methyl sites for hydroxylation is 1. The number of carbonyl (C=O) groups is 2. The molecule has 2 amide bonds. The van der Waals surface area contributed by atoms with E-state index in [9.17, 15) is 14.9 Å². The van der Waals surface area contributed by atoms with E-state index < -0.39 is 6.03 Å². The Morgan fingerprint density at radius 2 is 2.18 bits per heavy atom. The number of aldehydes is 1. The van der Waals surface area contributed by atoms with Gasteiger partial charge in [-0.3, -0.25) is 19.7 Å². The Hall–Kier alpha value is -4.30. The standard InChI is InChI=1S/C22H24N8O3/c1-4-30(21-6-5-17(19(14-31)27-21)16-12-26-29(2)13-16)22(32)28-20-9-18(24-7-8-33-3)15(10-23)11-25-20/h5-6,9,11-14H,4,7-8H2,1-3H3,(H2,24,25,28,32). The van der Waals surface area contributed by atoms with Crippen molar-refractivity contribution in [3.05, 3.63) is 48.0 Å². The van der Waals surface area contributed by atoms with Crippen LogP contribution in [0.2, 0.25) is 0 Å². The van der Waals surface area contributed by atoms with Gasteiger partial charge in [-0.05, 0) is 19.1 Å². The second kappa shape index (κ2) is 10.8. The fraction of sp³-hybridized carbons (Fsp3) is 0.273. The van der Waals surface area contributed by atoms with Gasteiger partial charge in [-0.15, -0.1) is 0 Å². The van der Waals surface area contributed by atoms with Crippen LogP contribution in [0.15, 0.2) is 36.8 Å². The zero-order chi connectivity index (χ0) is 23.8. The summed E-state index contributed by atoms with van der Waals surface area (Å²) in [5.41, 5.74) is 2.46. The Morgan fingerprint density at radius 1 is 1.36 bits per heavy atom. The first-order valence-corrected chi connectivity index (χ1v) is 10.2. The summed E-state index contributed by atoms with van der Waals surface area (Å²) in [7, 11) is 3.36. The first-order valence-electron chi connectivity index (χ1n) is 10.2. The van der Waals surface area contributed by atoms with E-state index in [1.165, 1.54) is 11.1 Å². The largest absolute Gasteiger partial charge is 0.383 e. The van der Waals surface area contributed by atoms with Gasteiger partial charge >= 0.3 is 6.03 Å². The number of hydrogen-bond donors (Lipinski definition) is 2. The van der Waals surface area contributed by atoms with Crippen molar-refractivity contribution >= 4 is 29.6 Å². The van der Waals surface area contributed by atoms with Crippen molar-refractivity contribution in [2.75, 3.05) is 42.3 Å². The number of nitrogens with zero attached hydrogens (tertiary/aromatic N) is 6. The molecule has 170 valence electrons. The molecule has 3 aromatic rings. The Morgan fingerprint density at radius 3 is 2.82 bits per heavy atom. The summed E-state index contributed by atoms with van der Waals surface area (Å²) in [6.07, 6.45) is 5.45. The molecular weight excluding hydrogens is 424 g/mol. The third kappa shape index (κ3) is 5.50. The molecule has 0 fully saturated rings. The molecule has 0 saturated carbocycles. The van der Waals surface area contributed by atoms with Crippen LogP contribution in [0.25, 0.3) is 11.1 Å². The second-order valence-corrected chi connectivity index (χ2v) is 6.94. The van der Waals surface area contributed by atoms with Crippen molar-refractivity contribution in [2.24, 2.45) is 7.05 Å². The van der Waals surface area contributed by atoms with E-state index in [4.69, 9.17) is 4.74 Å². The lowest BCUT2D eigenvalue weighted by Gasteiger charge is -2.21. The molecule has 0 aliphatic carbocycles. The molecule has 0 aromatic carbocycles. The monoisotopic (exact) mass is 448 g/mol. The quantitative estimate of drug-likeness (QED) is 0.376. The van der Waals surface area contributed by atoms with Crippen molar-refractivity contribution in [1.29, 1.82) is 5.26 Å². The first kappa shape index (κ1) is 23.4. The van der Waals surface area contributed by atoms with E-state index in [1.807, 2.05) is 0 Å². The molecule has 0 atom stereocenters. The van der Waals surface area contributed by atoms with Crippen LogP contribution in [0.1, 0.15) is 23.0 Å². The summed E-state index contributed by atoms with van der Waals surface area (Å²) in [6, 6.07) is 6.56. The fourth-order valence-electron chi connectivity index (χ4n) is 3.14. The highest BCUT2D eigenvalue weighted by molar-refractivity contribution is 6.01. The molecule has 0 radical (unpaired) electrons. The van der Waals surface area contributed by atoms with E-state index in [0.717, 1.165) is 5.56 Å². The number of nitriles is 1. The fourth-order valence-corrected chi connectivity index (χ4v) is 3.14. The molecule has 3 aromatic heterocycles. The van der Waals surface area contributed by atoms with Gasteiger partial charge in [0, 0.05) is 56.8 Å². The van der Waals surface area contributed by atoms with E-state index >= 15 is 0 Å². The number of amides is 2. The van der Waals surface area contributed by atoms with Crippen LogP contribution in [0.4, 0.5) is 22.1 Å². The molecule has 0 saturated heterocycles. The molecule has 0 bridgehead atoms. The molecule has 33 heavy (non-hydrogen) atoms. The SMILES string of the molecule is CCN(C(=O)Nc1cc(NCCOC)c(C#N)cn1)c1ccc(-c2cnn(C)c2)c(C=O)n1. The van der Waals surface area contributed by atoms with Crippen LogP contribution in [-0.4, -0.2) is 58.9 Å². The first-order chi connectivity index (χ1) is 16.0. The Labute approximate surface area is 191 Å². The zero-order valence-corrected chi connectivity index (χ0v) is 18.6. The number of pyridine rings is 2. The highest BCUT2D eigenvalue weighted by atomic mass is 16.5. The van der Waals surface area contributed by atoms with Crippen molar-refractivity contribution in [2.45, 2.75) is 6.92 Å². The van der Waals surface area contributed by atoms with Gasteiger partial charge in [0.25, 0.3) is 0 Å². The van der Waals surface area contributed by atoms with Crippen LogP contribution >= 0.6 is 0 Å². The number of anilines is 3. The number of rotatable bonds is 9. The molecule has 0 aliphatic rings. The third-order valence-corrected chi connectivity index (χ3v) is 4.76. The maximum absolute atomic E-state index is 13.0. The molecule has 0 aliphatic heterocycles. The number of hydrogen-bond acceptors (Lipinski definition) is 8. The average molecular weight is 448 g/mol. The van der Waals surface area contributed by atoms with Crippen molar-refractivity contribution in [1.82, 2.24) is 19.7 Å². The summed E-state index contributed by atoms with van der Waals surface area (Å²) in [5.74, 6) is 0.580. The molecule has 2 N–H and O–H groups in total. The van der Waals surface area contributed by atoms with Crippen LogP contribution in [0.5, 0.6) is 0 Å². The summed E-state index contributed by atoms with van der Waals surface area (Å²) in [5, 5.41) is 19.2. The molecule has 0 unspecified atom stereocenters. The summed E-state index contributed by atoms with van der Waals surface area (Å²) >= 11 is 0. The summed E-state index contributed by atoms with van der Waals surface area (Å²) in [4.78, 5) is 34.5. The average Bonchev–Trinajstić information content (AvgIpc) is 3.25. The number of methoxy groups -OCH3 is 1. The van der Waals surface area contributed by atoms with Crippen LogP contribution in [0, 0.1) is 11.3 Å². The van der Waals surface area contributed by atoms with E-state index in [-0.39, 0.29) is 11.5 Å². The Balaban J connectivity index is 1.82. The summed E-state index contributed by atoms with van der Waals surface area (Å²) in [6.45, 7) is 3.04. The maximum Gasteiger partial charge on any atom is 0.328 e. The molecule has 0 spiro atoms. The van der Waals surface area contributed by atoms with Crippen molar-refractivity contribution in [3.8, 4) is 17.2 Å². The smallest absolute Gasteiger partial charge is 0.328 e. The Kier molecular flexibility index (Phi) is 7.67. The highest BCUT2D eigenvalue weighted by Crippen LogP contribution is 2.25. The number of ether oxygens (including phenoxy) is 1. The van der Waals surface area contributed by atoms with Gasteiger partial charge in [0.15, 0.2) is 6.29 Å². The van der Waals surface area contributed by atoms with Gasteiger partial charge in [0.1, 0.15) is 23.4 Å². The van der Waals surface area contributed by atoms with Gasteiger partial charge in [-0.2, -0.15) is 10.4 Å². The predicted octanol–water partition coefficient (Wildman–Crippen LogP) is 2.68. The van der Waals surface area contributed by atoms with Crippen LogP contribution in [-0.2, 0) is 11.8 Å². The number of carbonyl (C=O) groups excluding carboxylic acids is 2. The van der Waals surface area contributed by atoms with Crippen LogP contribution < -0.4 is 15.5 Å². The minimum absolute atomic E-state index is 0.202. The minimum Gasteiger partial charge on any atom is -0.383 e. The normalized spacial score (nSPS) is 10.4. The lowest BCUT2D eigenvalue weighted by molar-refractivity contribution is 0.111.